The molecule has 2 rings (SSSR count). The minimum atomic E-state index is -4.70. The van der Waals surface area contributed by atoms with Crippen molar-refractivity contribution >= 4 is 52.1 Å². The summed E-state index contributed by atoms with van der Waals surface area (Å²) in [5, 5.41) is 1.72. The SMILES string of the molecule is O=C(COC(=O)c1ccc(Cl)s1)Nc1c(Cl)cccc1C(F)(F)F. The summed E-state index contributed by atoms with van der Waals surface area (Å²) >= 11 is 12.3. The average Bonchev–Trinajstić information content (AvgIpc) is 2.92. The Hall–Kier alpha value is -1.77. The Balaban J connectivity index is 2.04. The second kappa shape index (κ2) is 7.42. The molecule has 0 atom stereocenters. The molecule has 1 heterocycles. The Bertz CT molecular complexity index is 777. The van der Waals surface area contributed by atoms with E-state index in [0.29, 0.717) is 4.34 Å². The van der Waals surface area contributed by atoms with E-state index >= 15 is 0 Å². The highest BCUT2D eigenvalue weighted by molar-refractivity contribution is 7.17. The molecule has 0 radical (unpaired) electrons. The fourth-order valence-electron chi connectivity index (χ4n) is 1.69. The van der Waals surface area contributed by atoms with Gasteiger partial charge in [-0.3, -0.25) is 4.79 Å². The van der Waals surface area contributed by atoms with Gasteiger partial charge in [-0.05, 0) is 24.3 Å². The number of amides is 1. The number of carbonyl (C=O) groups excluding carboxylic acids is 2. The van der Waals surface area contributed by atoms with Crippen molar-refractivity contribution < 1.29 is 27.5 Å². The highest BCUT2D eigenvalue weighted by atomic mass is 35.5. The van der Waals surface area contributed by atoms with Crippen LogP contribution in [-0.4, -0.2) is 18.5 Å². The first kappa shape index (κ1) is 18.6. The van der Waals surface area contributed by atoms with Crippen molar-refractivity contribution in [2.24, 2.45) is 0 Å². The molecule has 1 aromatic carbocycles. The Morgan fingerprint density at radius 2 is 1.88 bits per heavy atom. The molecule has 0 spiro atoms. The molecule has 0 aliphatic rings. The Morgan fingerprint density at radius 1 is 1.17 bits per heavy atom. The zero-order valence-electron chi connectivity index (χ0n) is 11.6. The van der Waals surface area contributed by atoms with Gasteiger partial charge in [-0.1, -0.05) is 29.3 Å². The standard InChI is InChI=1S/C14H8Cl2F3NO3S/c15-8-3-1-2-7(14(17,18)19)12(8)20-11(21)6-23-13(22)9-4-5-10(16)24-9/h1-5H,6H2,(H,20,21). The molecule has 24 heavy (non-hydrogen) atoms. The first-order valence-electron chi connectivity index (χ1n) is 6.26. The van der Waals surface area contributed by atoms with Crippen LogP contribution in [0.5, 0.6) is 0 Å². The zero-order valence-corrected chi connectivity index (χ0v) is 13.9. The van der Waals surface area contributed by atoms with Crippen LogP contribution in [0.25, 0.3) is 0 Å². The third kappa shape index (κ3) is 4.62. The number of benzene rings is 1. The van der Waals surface area contributed by atoms with E-state index in [0.717, 1.165) is 23.5 Å². The molecule has 0 bridgehead atoms. The molecule has 128 valence electrons. The van der Waals surface area contributed by atoms with Gasteiger partial charge in [-0.2, -0.15) is 13.2 Å². The predicted molar refractivity (Wildman–Crippen MR) is 84.7 cm³/mol. The van der Waals surface area contributed by atoms with Crippen LogP contribution in [0.15, 0.2) is 30.3 Å². The van der Waals surface area contributed by atoms with E-state index in [4.69, 9.17) is 27.9 Å². The summed E-state index contributed by atoms with van der Waals surface area (Å²) in [6.07, 6.45) is -4.70. The van der Waals surface area contributed by atoms with E-state index in [1.807, 2.05) is 5.32 Å². The smallest absolute Gasteiger partial charge is 0.418 e. The number of esters is 1. The van der Waals surface area contributed by atoms with Crippen LogP contribution in [-0.2, 0) is 15.7 Å². The number of thiophene rings is 1. The van der Waals surface area contributed by atoms with Crippen molar-refractivity contribution in [1.29, 1.82) is 0 Å². The van der Waals surface area contributed by atoms with Crippen molar-refractivity contribution in [1.82, 2.24) is 0 Å². The minimum Gasteiger partial charge on any atom is -0.451 e. The Morgan fingerprint density at radius 3 is 2.46 bits per heavy atom. The van der Waals surface area contributed by atoms with Gasteiger partial charge in [0.25, 0.3) is 5.91 Å². The van der Waals surface area contributed by atoms with Crippen molar-refractivity contribution in [3.63, 3.8) is 0 Å². The van der Waals surface area contributed by atoms with Crippen LogP contribution in [0.2, 0.25) is 9.36 Å². The summed E-state index contributed by atoms with van der Waals surface area (Å²) in [7, 11) is 0. The van der Waals surface area contributed by atoms with E-state index in [-0.39, 0.29) is 9.90 Å². The fourth-order valence-corrected chi connectivity index (χ4v) is 2.85. The maximum atomic E-state index is 12.9. The van der Waals surface area contributed by atoms with E-state index < -0.39 is 35.9 Å². The molecular formula is C14H8Cl2F3NO3S. The molecule has 0 fully saturated rings. The average molecular weight is 398 g/mol. The van der Waals surface area contributed by atoms with Crippen LogP contribution in [0.3, 0.4) is 0 Å². The van der Waals surface area contributed by atoms with Crippen molar-refractivity contribution in [3.05, 3.63) is 50.1 Å². The topological polar surface area (TPSA) is 55.4 Å². The number of para-hydroxylation sites is 1. The first-order chi connectivity index (χ1) is 11.2. The van der Waals surface area contributed by atoms with Crippen molar-refractivity contribution in [2.45, 2.75) is 6.18 Å². The van der Waals surface area contributed by atoms with Crippen LogP contribution >= 0.6 is 34.5 Å². The molecule has 0 saturated heterocycles. The number of carbonyl (C=O) groups is 2. The third-order valence-corrected chi connectivity index (χ3v) is 4.22. The normalized spacial score (nSPS) is 11.2. The molecule has 1 aromatic heterocycles. The first-order valence-corrected chi connectivity index (χ1v) is 7.83. The summed E-state index contributed by atoms with van der Waals surface area (Å²) in [6, 6.07) is 5.97. The molecule has 0 saturated carbocycles. The van der Waals surface area contributed by atoms with Crippen LogP contribution in [0, 0.1) is 0 Å². The molecule has 0 unspecified atom stereocenters. The number of hydrogen-bond donors (Lipinski definition) is 1. The summed E-state index contributed by atoms with van der Waals surface area (Å²) in [4.78, 5) is 23.6. The van der Waals surface area contributed by atoms with E-state index in [9.17, 15) is 22.8 Å². The molecular weight excluding hydrogens is 390 g/mol. The lowest BCUT2D eigenvalue weighted by atomic mass is 10.1. The third-order valence-electron chi connectivity index (χ3n) is 2.69. The van der Waals surface area contributed by atoms with Gasteiger partial charge in [0.05, 0.1) is 20.6 Å². The summed E-state index contributed by atoms with van der Waals surface area (Å²) in [5.74, 6) is -1.76. The second-order valence-electron chi connectivity index (χ2n) is 4.39. The Kier molecular flexibility index (Phi) is 5.74. The van der Waals surface area contributed by atoms with Crippen molar-refractivity contribution in [3.8, 4) is 0 Å². The molecule has 1 amide bonds. The molecule has 2 aromatic rings. The number of nitrogens with one attached hydrogen (secondary N) is 1. The van der Waals surface area contributed by atoms with Crippen LogP contribution < -0.4 is 5.32 Å². The van der Waals surface area contributed by atoms with Crippen LogP contribution in [0.1, 0.15) is 15.2 Å². The van der Waals surface area contributed by atoms with E-state index in [1.54, 1.807) is 0 Å². The number of alkyl halides is 3. The van der Waals surface area contributed by atoms with Gasteiger partial charge < -0.3 is 10.1 Å². The van der Waals surface area contributed by atoms with Gasteiger partial charge in [0.15, 0.2) is 6.61 Å². The van der Waals surface area contributed by atoms with Gasteiger partial charge in [-0.25, -0.2) is 4.79 Å². The van der Waals surface area contributed by atoms with Gasteiger partial charge in [0.1, 0.15) is 4.88 Å². The lowest BCUT2D eigenvalue weighted by molar-refractivity contribution is -0.137. The number of halogens is 5. The highest BCUT2D eigenvalue weighted by Crippen LogP contribution is 2.38. The minimum absolute atomic E-state index is 0.168. The maximum Gasteiger partial charge on any atom is 0.418 e. The second-order valence-corrected chi connectivity index (χ2v) is 6.51. The van der Waals surface area contributed by atoms with Gasteiger partial charge in [0.2, 0.25) is 0 Å². The molecule has 4 nitrogen and oxygen atoms in total. The summed E-state index contributed by atoms with van der Waals surface area (Å²) < 4.78 is 43.8. The number of hydrogen-bond acceptors (Lipinski definition) is 4. The van der Waals surface area contributed by atoms with E-state index in [2.05, 4.69) is 0 Å². The van der Waals surface area contributed by atoms with Crippen LogP contribution in [0.4, 0.5) is 18.9 Å². The largest absolute Gasteiger partial charge is 0.451 e. The number of rotatable bonds is 4. The lowest BCUT2D eigenvalue weighted by Gasteiger charge is -2.15. The summed E-state index contributed by atoms with van der Waals surface area (Å²) in [5.41, 5.74) is -1.69. The molecule has 1 N–H and O–H groups in total. The summed E-state index contributed by atoms with van der Waals surface area (Å²) in [6.45, 7) is -0.767. The van der Waals surface area contributed by atoms with E-state index in [1.165, 1.54) is 18.2 Å². The molecule has 0 aliphatic heterocycles. The maximum absolute atomic E-state index is 12.9. The van der Waals surface area contributed by atoms with Crippen molar-refractivity contribution in [2.75, 3.05) is 11.9 Å². The van der Waals surface area contributed by atoms with Gasteiger partial charge in [-0.15, -0.1) is 11.3 Å². The molecule has 10 heteroatoms. The fraction of sp³-hybridized carbons (Fsp3) is 0.143. The zero-order chi connectivity index (χ0) is 17.9. The highest BCUT2D eigenvalue weighted by Gasteiger charge is 2.34. The molecule has 0 aliphatic carbocycles. The van der Waals surface area contributed by atoms with Gasteiger partial charge in [0, 0.05) is 0 Å². The predicted octanol–water partition coefficient (Wildman–Crippen LogP) is 4.87. The Labute approximate surface area is 148 Å². The monoisotopic (exact) mass is 397 g/mol. The van der Waals surface area contributed by atoms with Gasteiger partial charge >= 0.3 is 12.1 Å². The quantitative estimate of drug-likeness (QED) is 0.748. The number of ether oxygens (including phenoxy) is 1. The lowest BCUT2D eigenvalue weighted by Crippen LogP contribution is -2.22. The number of anilines is 1.